The van der Waals surface area contributed by atoms with Gasteiger partial charge in [-0.25, -0.2) is 9.97 Å². The Labute approximate surface area is 120 Å². The molecule has 7 nitrogen and oxygen atoms in total. The molecule has 0 aliphatic heterocycles. The van der Waals surface area contributed by atoms with E-state index in [9.17, 15) is 10.1 Å². The van der Waals surface area contributed by atoms with Crippen LogP contribution in [0.25, 0.3) is 11.0 Å². The summed E-state index contributed by atoms with van der Waals surface area (Å²) in [5.41, 5.74) is 7.98. The van der Waals surface area contributed by atoms with Gasteiger partial charge in [-0.3, -0.25) is 10.1 Å². The molecule has 2 heterocycles. The van der Waals surface area contributed by atoms with Gasteiger partial charge in [-0.05, 0) is 12.1 Å². The Morgan fingerprint density at radius 3 is 2.76 bits per heavy atom. The quantitative estimate of drug-likeness (QED) is 0.585. The summed E-state index contributed by atoms with van der Waals surface area (Å²) < 4.78 is 1.95. The lowest BCUT2D eigenvalue weighted by Gasteiger charge is -2.03. The molecule has 3 aromatic rings. The fraction of sp³-hybridized carbons (Fsp3) is 0.143. The minimum atomic E-state index is -0.476. The Morgan fingerprint density at radius 2 is 2.05 bits per heavy atom. The normalized spacial score (nSPS) is 10.9. The maximum Gasteiger partial charge on any atom is 0.274 e. The summed E-state index contributed by atoms with van der Waals surface area (Å²) in [6.45, 7) is 0. The number of nitro groups is 1. The van der Waals surface area contributed by atoms with E-state index in [1.54, 1.807) is 0 Å². The summed E-state index contributed by atoms with van der Waals surface area (Å²) in [7, 11) is 1.91. The van der Waals surface area contributed by atoms with Crippen LogP contribution in [0.4, 0.5) is 11.5 Å². The fourth-order valence-electron chi connectivity index (χ4n) is 2.31. The van der Waals surface area contributed by atoms with Gasteiger partial charge in [0.2, 0.25) is 0 Å². The van der Waals surface area contributed by atoms with Crippen LogP contribution in [0.2, 0.25) is 0 Å². The topological polar surface area (TPSA) is 99.9 Å². The van der Waals surface area contributed by atoms with E-state index in [1.807, 2.05) is 35.9 Å². The Balaban J connectivity index is 2.02. The molecule has 0 radical (unpaired) electrons. The Bertz CT molecular complexity index is 840. The predicted molar refractivity (Wildman–Crippen MR) is 78.8 cm³/mol. The number of nitrogens with zero attached hydrogens (tertiary/aromatic N) is 4. The van der Waals surface area contributed by atoms with Gasteiger partial charge in [0.15, 0.2) is 0 Å². The lowest BCUT2D eigenvalue weighted by Crippen LogP contribution is -2.04. The van der Waals surface area contributed by atoms with Crippen molar-refractivity contribution >= 4 is 22.5 Å². The van der Waals surface area contributed by atoms with Crippen LogP contribution in [0, 0.1) is 10.1 Å². The molecule has 21 heavy (non-hydrogen) atoms. The standard InChI is InChI=1S/C14H13N5O2/c1-18-12-5-3-2-4-11(12)17-14(18)7-9-6-10(19(20)21)8-13(15)16-9/h2-6,8H,7H2,1H3,(H2,15,16). The number of hydrogen-bond donors (Lipinski definition) is 1. The zero-order chi connectivity index (χ0) is 15.0. The second-order valence-electron chi connectivity index (χ2n) is 4.75. The lowest BCUT2D eigenvalue weighted by molar-refractivity contribution is -0.384. The van der Waals surface area contributed by atoms with Crippen LogP contribution >= 0.6 is 0 Å². The van der Waals surface area contributed by atoms with Crippen LogP contribution in [0.3, 0.4) is 0 Å². The van der Waals surface area contributed by atoms with Crippen molar-refractivity contribution in [3.8, 4) is 0 Å². The van der Waals surface area contributed by atoms with Gasteiger partial charge >= 0.3 is 0 Å². The molecular formula is C14H13N5O2. The van der Waals surface area contributed by atoms with Gasteiger partial charge in [0, 0.05) is 19.5 Å². The minimum Gasteiger partial charge on any atom is -0.383 e. The van der Waals surface area contributed by atoms with Crippen molar-refractivity contribution in [2.45, 2.75) is 6.42 Å². The van der Waals surface area contributed by atoms with Crippen molar-refractivity contribution in [1.82, 2.24) is 14.5 Å². The average molecular weight is 283 g/mol. The number of benzene rings is 1. The molecule has 0 aliphatic carbocycles. The molecule has 0 unspecified atom stereocenters. The SMILES string of the molecule is Cn1c(Cc2cc([N+](=O)[O-])cc(N)n2)nc2ccccc21. The molecule has 2 aromatic heterocycles. The van der Waals surface area contributed by atoms with E-state index in [0.717, 1.165) is 16.9 Å². The summed E-state index contributed by atoms with van der Waals surface area (Å²) in [6.07, 6.45) is 0.386. The molecule has 3 rings (SSSR count). The number of anilines is 1. The first-order valence-electron chi connectivity index (χ1n) is 6.36. The van der Waals surface area contributed by atoms with E-state index in [4.69, 9.17) is 5.73 Å². The molecule has 0 spiro atoms. The predicted octanol–water partition coefficient (Wildman–Crippen LogP) is 2.05. The number of para-hydroxylation sites is 2. The first kappa shape index (κ1) is 13.0. The molecule has 2 N–H and O–H groups in total. The maximum absolute atomic E-state index is 10.9. The van der Waals surface area contributed by atoms with Gasteiger partial charge in [-0.2, -0.15) is 0 Å². The molecule has 0 atom stereocenters. The number of fused-ring (bicyclic) bond motifs is 1. The van der Waals surface area contributed by atoms with E-state index >= 15 is 0 Å². The second-order valence-corrected chi connectivity index (χ2v) is 4.75. The van der Waals surface area contributed by atoms with Gasteiger partial charge < -0.3 is 10.3 Å². The van der Waals surface area contributed by atoms with Gasteiger partial charge in [0.1, 0.15) is 11.6 Å². The van der Waals surface area contributed by atoms with Crippen LogP contribution in [0.5, 0.6) is 0 Å². The van der Waals surface area contributed by atoms with Crippen molar-refractivity contribution in [1.29, 1.82) is 0 Å². The highest BCUT2D eigenvalue weighted by molar-refractivity contribution is 5.75. The van der Waals surface area contributed by atoms with Gasteiger partial charge in [0.05, 0.1) is 27.7 Å². The van der Waals surface area contributed by atoms with Crippen LogP contribution in [0.15, 0.2) is 36.4 Å². The third-order valence-electron chi connectivity index (χ3n) is 3.31. The fourth-order valence-corrected chi connectivity index (χ4v) is 2.31. The van der Waals surface area contributed by atoms with Crippen LogP contribution in [0.1, 0.15) is 11.5 Å². The first-order chi connectivity index (χ1) is 10.0. The maximum atomic E-state index is 10.9. The number of pyridine rings is 1. The molecule has 0 bridgehead atoms. The number of nitrogens with two attached hydrogens (primary N) is 1. The number of hydrogen-bond acceptors (Lipinski definition) is 5. The average Bonchev–Trinajstić information content (AvgIpc) is 2.75. The highest BCUT2D eigenvalue weighted by Gasteiger charge is 2.13. The second kappa shape index (κ2) is 4.86. The van der Waals surface area contributed by atoms with Crippen molar-refractivity contribution in [2.24, 2.45) is 7.05 Å². The van der Waals surface area contributed by atoms with E-state index in [0.29, 0.717) is 12.1 Å². The van der Waals surface area contributed by atoms with Gasteiger partial charge in [-0.15, -0.1) is 0 Å². The summed E-state index contributed by atoms with van der Waals surface area (Å²) in [5.74, 6) is 0.918. The highest BCUT2D eigenvalue weighted by atomic mass is 16.6. The zero-order valence-corrected chi connectivity index (χ0v) is 11.4. The summed E-state index contributed by atoms with van der Waals surface area (Å²) in [4.78, 5) is 19.1. The molecule has 0 saturated carbocycles. The zero-order valence-electron chi connectivity index (χ0n) is 11.4. The van der Waals surface area contributed by atoms with Crippen LogP contribution in [-0.4, -0.2) is 19.5 Å². The largest absolute Gasteiger partial charge is 0.383 e. The minimum absolute atomic E-state index is 0.0590. The van der Waals surface area contributed by atoms with E-state index in [-0.39, 0.29) is 11.5 Å². The lowest BCUT2D eigenvalue weighted by atomic mass is 10.2. The smallest absolute Gasteiger partial charge is 0.274 e. The number of aromatic nitrogens is 3. The Hall–Kier alpha value is -2.96. The molecule has 0 saturated heterocycles. The number of aryl methyl sites for hydroxylation is 1. The third-order valence-corrected chi connectivity index (χ3v) is 3.31. The molecule has 0 aliphatic rings. The van der Waals surface area contributed by atoms with Crippen molar-refractivity contribution < 1.29 is 4.92 Å². The monoisotopic (exact) mass is 283 g/mol. The first-order valence-corrected chi connectivity index (χ1v) is 6.36. The Morgan fingerprint density at radius 1 is 1.29 bits per heavy atom. The van der Waals surface area contributed by atoms with E-state index in [2.05, 4.69) is 9.97 Å². The highest BCUT2D eigenvalue weighted by Crippen LogP contribution is 2.20. The van der Waals surface area contributed by atoms with Gasteiger partial charge in [0.25, 0.3) is 5.69 Å². The van der Waals surface area contributed by atoms with E-state index in [1.165, 1.54) is 12.1 Å². The molecule has 0 fully saturated rings. The molecule has 1 aromatic carbocycles. The third kappa shape index (κ3) is 2.40. The van der Waals surface area contributed by atoms with Crippen LogP contribution < -0.4 is 5.73 Å². The molecule has 106 valence electrons. The number of rotatable bonds is 3. The molecule has 7 heteroatoms. The van der Waals surface area contributed by atoms with E-state index < -0.39 is 4.92 Å². The van der Waals surface area contributed by atoms with Crippen LogP contribution in [-0.2, 0) is 13.5 Å². The summed E-state index contributed by atoms with van der Waals surface area (Å²) >= 11 is 0. The number of imidazole rings is 1. The molecule has 0 amide bonds. The summed E-state index contributed by atoms with van der Waals surface area (Å²) in [6, 6.07) is 10.4. The molecular weight excluding hydrogens is 270 g/mol. The van der Waals surface area contributed by atoms with Crippen molar-refractivity contribution in [3.63, 3.8) is 0 Å². The van der Waals surface area contributed by atoms with Crippen molar-refractivity contribution in [3.05, 3.63) is 58.0 Å². The van der Waals surface area contributed by atoms with Gasteiger partial charge in [-0.1, -0.05) is 12.1 Å². The Kier molecular flexibility index (Phi) is 3.02. The summed E-state index contributed by atoms with van der Waals surface area (Å²) in [5, 5.41) is 10.9. The van der Waals surface area contributed by atoms with Crippen molar-refractivity contribution in [2.75, 3.05) is 5.73 Å². The number of nitrogen functional groups attached to an aromatic ring is 1.